The molecule has 0 aliphatic carbocycles. The maximum atomic E-state index is 12.1. The number of amides is 1. The summed E-state index contributed by atoms with van der Waals surface area (Å²) in [4.78, 5) is 16.4. The Hall–Kier alpha value is -1.24. The lowest BCUT2D eigenvalue weighted by atomic mass is 10.1. The zero-order valence-corrected chi connectivity index (χ0v) is 13.5. The van der Waals surface area contributed by atoms with Crippen molar-refractivity contribution in [3.8, 4) is 0 Å². The summed E-state index contributed by atoms with van der Waals surface area (Å²) in [6, 6.07) is 7.82. The Bertz CT molecular complexity index is 582. The number of halogens is 1. The minimum absolute atomic E-state index is 0.0599. The molecule has 6 heteroatoms. The molecular formula is C14H16BrN3OS. The van der Waals surface area contributed by atoms with Crippen LogP contribution in [0.25, 0.3) is 0 Å². The van der Waals surface area contributed by atoms with Crippen molar-refractivity contribution in [3.63, 3.8) is 0 Å². The molecule has 4 nitrogen and oxygen atoms in total. The molecule has 2 aromatic rings. The molecule has 3 N–H and O–H groups in total. The molecule has 0 aliphatic rings. The van der Waals surface area contributed by atoms with E-state index < -0.39 is 0 Å². The van der Waals surface area contributed by atoms with Crippen LogP contribution in [0.5, 0.6) is 0 Å². The summed E-state index contributed by atoms with van der Waals surface area (Å²) < 4.78 is 1.02. The molecule has 0 radical (unpaired) electrons. The van der Waals surface area contributed by atoms with Gasteiger partial charge in [0, 0.05) is 16.3 Å². The van der Waals surface area contributed by atoms with Crippen LogP contribution >= 0.6 is 27.3 Å². The van der Waals surface area contributed by atoms with Crippen LogP contribution in [0.3, 0.4) is 0 Å². The van der Waals surface area contributed by atoms with Crippen LogP contribution < -0.4 is 11.1 Å². The lowest BCUT2D eigenvalue weighted by Gasteiger charge is -2.13. The Morgan fingerprint density at radius 1 is 1.45 bits per heavy atom. The quantitative estimate of drug-likeness (QED) is 0.868. The van der Waals surface area contributed by atoms with Crippen LogP contribution in [-0.4, -0.2) is 17.4 Å². The van der Waals surface area contributed by atoms with Gasteiger partial charge in [-0.3, -0.25) is 4.79 Å². The van der Waals surface area contributed by atoms with Crippen LogP contribution in [0.15, 0.2) is 34.1 Å². The molecule has 20 heavy (non-hydrogen) atoms. The topological polar surface area (TPSA) is 68.0 Å². The SMILES string of the molecule is CC(NC(=O)c1csc(CCN)n1)c1ccc(Br)cc1. The van der Waals surface area contributed by atoms with Gasteiger partial charge in [0.15, 0.2) is 0 Å². The fourth-order valence-corrected chi connectivity index (χ4v) is 2.82. The second-order valence-corrected chi connectivity index (χ2v) is 6.27. The average molecular weight is 354 g/mol. The molecule has 0 saturated heterocycles. The minimum atomic E-state index is -0.153. The van der Waals surface area contributed by atoms with Crippen molar-refractivity contribution in [1.82, 2.24) is 10.3 Å². The monoisotopic (exact) mass is 353 g/mol. The zero-order valence-electron chi connectivity index (χ0n) is 11.1. The molecular weight excluding hydrogens is 338 g/mol. The smallest absolute Gasteiger partial charge is 0.271 e. The molecule has 1 atom stereocenters. The highest BCUT2D eigenvalue weighted by Crippen LogP contribution is 2.17. The number of rotatable bonds is 5. The normalized spacial score (nSPS) is 12.2. The lowest BCUT2D eigenvalue weighted by molar-refractivity contribution is 0.0935. The summed E-state index contributed by atoms with van der Waals surface area (Å²) >= 11 is 4.86. The molecule has 1 amide bonds. The van der Waals surface area contributed by atoms with Crippen molar-refractivity contribution in [3.05, 3.63) is 50.4 Å². The largest absolute Gasteiger partial charge is 0.344 e. The van der Waals surface area contributed by atoms with Gasteiger partial charge < -0.3 is 11.1 Å². The van der Waals surface area contributed by atoms with Crippen LogP contribution in [0.1, 0.15) is 34.0 Å². The highest BCUT2D eigenvalue weighted by atomic mass is 79.9. The second-order valence-electron chi connectivity index (χ2n) is 4.41. The number of nitrogens with one attached hydrogen (secondary N) is 1. The van der Waals surface area contributed by atoms with Crippen LogP contribution in [0.2, 0.25) is 0 Å². The van der Waals surface area contributed by atoms with Gasteiger partial charge in [-0.1, -0.05) is 28.1 Å². The molecule has 1 heterocycles. The Balaban J connectivity index is 2.01. The first-order chi connectivity index (χ1) is 9.60. The van der Waals surface area contributed by atoms with Crippen molar-refractivity contribution in [2.24, 2.45) is 5.73 Å². The van der Waals surface area contributed by atoms with E-state index in [4.69, 9.17) is 5.73 Å². The summed E-state index contributed by atoms with van der Waals surface area (Å²) in [5.41, 5.74) is 6.99. The molecule has 0 spiro atoms. The van der Waals surface area contributed by atoms with Crippen LogP contribution in [0, 0.1) is 0 Å². The van der Waals surface area contributed by atoms with Crippen LogP contribution in [0.4, 0.5) is 0 Å². The number of nitrogens with two attached hydrogens (primary N) is 1. The summed E-state index contributed by atoms with van der Waals surface area (Å²) in [5.74, 6) is -0.153. The van der Waals surface area contributed by atoms with Gasteiger partial charge in [-0.05, 0) is 31.2 Å². The molecule has 2 rings (SSSR count). The minimum Gasteiger partial charge on any atom is -0.344 e. The molecule has 0 bridgehead atoms. The number of nitrogens with zero attached hydrogens (tertiary/aromatic N) is 1. The Kier molecular flexibility index (Phi) is 5.28. The van der Waals surface area contributed by atoms with E-state index in [0.717, 1.165) is 15.0 Å². The Morgan fingerprint density at radius 3 is 2.80 bits per heavy atom. The van der Waals surface area contributed by atoms with Gasteiger partial charge in [-0.25, -0.2) is 4.98 Å². The van der Waals surface area contributed by atoms with E-state index in [0.29, 0.717) is 18.7 Å². The first kappa shape index (κ1) is 15.2. The average Bonchev–Trinajstić information content (AvgIpc) is 2.88. The van der Waals surface area contributed by atoms with E-state index in [2.05, 4.69) is 26.2 Å². The first-order valence-electron chi connectivity index (χ1n) is 6.31. The van der Waals surface area contributed by atoms with Gasteiger partial charge >= 0.3 is 0 Å². The number of hydrogen-bond donors (Lipinski definition) is 2. The molecule has 106 valence electrons. The zero-order chi connectivity index (χ0) is 14.5. The number of benzene rings is 1. The predicted molar refractivity (Wildman–Crippen MR) is 84.9 cm³/mol. The van der Waals surface area contributed by atoms with E-state index in [1.165, 1.54) is 11.3 Å². The van der Waals surface area contributed by atoms with Gasteiger partial charge in [0.2, 0.25) is 0 Å². The third-order valence-electron chi connectivity index (χ3n) is 2.86. The number of carbonyl (C=O) groups is 1. The van der Waals surface area contributed by atoms with Crippen molar-refractivity contribution in [2.75, 3.05) is 6.54 Å². The molecule has 1 aromatic carbocycles. The molecule has 0 fully saturated rings. The van der Waals surface area contributed by atoms with E-state index in [1.54, 1.807) is 5.38 Å². The lowest BCUT2D eigenvalue weighted by Crippen LogP contribution is -2.26. The molecule has 1 unspecified atom stereocenters. The Labute approximate surface area is 130 Å². The van der Waals surface area contributed by atoms with Gasteiger partial charge in [-0.15, -0.1) is 11.3 Å². The van der Waals surface area contributed by atoms with Gasteiger partial charge in [0.05, 0.1) is 11.0 Å². The Morgan fingerprint density at radius 2 is 2.15 bits per heavy atom. The molecule has 1 aromatic heterocycles. The van der Waals surface area contributed by atoms with Gasteiger partial charge in [0.25, 0.3) is 5.91 Å². The van der Waals surface area contributed by atoms with Crippen LogP contribution in [-0.2, 0) is 6.42 Å². The number of thiazole rings is 1. The summed E-state index contributed by atoms with van der Waals surface area (Å²) in [5, 5.41) is 5.62. The van der Waals surface area contributed by atoms with Crippen molar-refractivity contribution in [1.29, 1.82) is 0 Å². The fourth-order valence-electron chi connectivity index (χ4n) is 1.76. The predicted octanol–water partition coefficient (Wildman–Crippen LogP) is 2.90. The van der Waals surface area contributed by atoms with E-state index >= 15 is 0 Å². The summed E-state index contributed by atoms with van der Waals surface area (Å²) in [6.45, 7) is 2.50. The molecule has 0 saturated carbocycles. The third kappa shape index (κ3) is 3.88. The van der Waals surface area contributed by atoms with Crippen molar-refractivity contribution in [2.45, 2.75) is 19.4 Å². The summed E-state index contributed by atoms with van der Waals surface area (Å²) in [7, 11) is 0. The van der Waals surface area contributed by atoms with E-state index in [9.17, 15) is 4.79 Å². The standard InChI is InChI=1S/C14H16BrN3OS/c1-9(10-2-4-11(15)5-3-10)17-14(19)12-8-20-13(18-12)6-7-16/h2-5,8-9H,6-7,16H2,1H3,(H,17,19). The number of carbonyl (C=O) groups excluding carboxylic acids is 1. The summed E-state index contributed by atoms with van der Waals surface area (Å²) in [6.07, 6.45) is 0.709. The van der Waals surface area contributed by atoms with Crippen molar-refractivity contribution < 1.29 is 4.79 Å². The first-order valence-corrected chi connectivity index (χ1v) is 7.98. The maximum Gasteiger partial charge on any atom is 0.271 e. The third-order valence-corrected chi connectivity index (χ3v) is 4.30. The maximum absolute atomic E-state index is 12.1. The highest BCUT2D eigenvalue weighted by molar-refractivity contribution is 9.10. The van der Waals surface area contributed by atoms with Gasteiger partial charge in [0.1, 0.15) is 5.69 Å². The fraction of sp³-hybridized carbons (Fsp3) is 0.286. The van der Waals surface area contributed by atoms with E-state index in [-0.39, 0.29) is 11.9 Å². The second kappa shape index (κ2) is 6.97. The van der Waals surface area contributed by atoms with E-state index in [1.807, 2.05) is 31.2 Å². The molecule has 0 aliphatic heterocycles. The van der Waals surface area contributed by atoms with Crippen molar-refractivity contribution >= 4 is 33.2 Å². The van der Waals surface area contributed by atoms with Gasteiger partial charge in [-0.2, -0.15) is 0 Å². The number of aromatic nitrogens is 1. The number of hydrogen-bond acceptors (Lipinski definition) is 4. The highest BCUT2D eigenvalue weighted by Gasteiger charge is 2.14.